The van der Waals surface area contributed by atoms with Crippen molar-refractivity contribution < 1.29 is 31.3 Å². The van der Waals surface area contributed by atoms with E-state index in [1.807, 2.05) is 23.5 Å². The van der Waals surface area contributed by atoms with Crippen LogP contribution in [0, 0.1) is 0 Å². The lowest BCUT2D eigenvalue weighted by Crippen LogP contribution is -2.39. The van der Waals surface area contributed by atoms with Crippen LogP contribution in [0.15, 0.2) is 0 Å². The minimum absolute atomic E-state index is 0.289. The van der Waals surface area contributed by atoms with Crippen LogP contribution in [-0.2, 0) is 19.6 Å². The van der Waals surface area contributed by atoms with E-state index in [-0.39, 0.29) is 12.4 Å². The molecule has 0 aliphatic carbocycles. The molecule has 0 unspecified atom stereocenters. The van der Waals surface area contributed by atoms with Crippen molar-refractivity contribution in [3.05, 3.63) is 0 Å². The molecule has 0 aromatic rings. The van der Waals surface area contributed by atoms with Crippen LogP contribution in [0.3, 0.4) is 0 Å². The summed E-state index contributed by atoms with van der Waals surface area (Å²) in [6, 6.07) is 0. The molecule has 12 heteroatoms. The minimum atomic E-state index is -5.79. The molecule has 0 aliphatic heterocycles. The molecule has 0 aliphatic rings. The number of alkyl halides is 2. The summed E-state index contributed by atoms with van der Waals surface area (Å²) in [7, 11) is -5.79. The fourth-order valence-corrected chi connectivity index (χ4v) is 5.69. The van der Waals surface area contributed by atoms with Crippen molar-refractivity contribution in [3.63, 3.8) is 0 Å². The summed E-state index contributed by atoms with van der Waals surface area (Å²) < 4.78 is 58.8. The molecule has 0 spiro atoms. The second-order valence-electron chi connectivity index (χ2n) is 4.58. The number of thioether (sulfide) groups is 4. The molecule has 150 valence electrons. The van der Waals surface area contributed by atoms with E-state index in [1.165, 1.54) is 35.4 Å². The summed E-state index contributed by atoms with van der Waals surface area (Å²) in [5.74, 6) is 5.46. The smallest absolute Gasteiger partial charge is 0.459 e. The summed E-state index contributed by atoms with van der Waals surface area (Å²) in [5, 5.41) is -4.92. The van der Waals surface area contributed by atoms with Crippen LogP contribution in [-0.4, -0.2) is 76.8 Å². The zero-order valence-corrected chi connectivity index (χ0v) is 18.0. The standard InChI is InChI=1S/C13H24F2O5S5/c1-2-4-21-6-8-23-10-11-24-9-7-22-5-3-20-12(16)13(14,15)25(17,18)19/h2-11H2,1H3,(H,17,18,19). The first-order valence-corrected chi connectivity index (χ1v) is 13.6. The van der Waals surface area contributed by atoms with E-state index in [2.05, 4.69) is 11.7 Å². The molecule has 25 heavy (non-hydrogen) atoms. The van der Waals surface area contributed by atoms with Crippen molar-refractivity contribution in [1.29, 1.82) is 0 Å². The number of hydrogen-bond donors (Lipinski definition) is 1. The third kappa shape index (κ3) is 12.6. The third-order valence-corrected chi connectivity index (χ3v) is 8.19. The van der Waals surface area contributed by atoms with E-state index in [0.29, 0.717) is 0 Å². The Kier molecular flexibility index (Phi) is 15.0. The Hall–Kier alpha value is 0.640. The summed E-state index contributed by atoms with van der Waals surface area (Å²) in [5.41, 5.74) is 0. The van der Waals surface area contributed by atoms with Gasteiger partial charge in [0, 0.05) is 40.3 Å². The lowest BCUT2D eigenvalue weighted by molar-refractivity contribution is -0.160. The van der Waals surface area contributed by atoms with Gasteiger partial charge in [-0.3, -0.25) is 4.55 Å². The second kappa shape index (κ2) is 14.7. The van der Waals surface area contributed by atoms with Gasteiger partial charge < -0.3 is 4.74 Å². The van der Waals surface area contributed by atoms with Crippen molar-refractivity contribution in [2.45, 2.75) is 18.6 Å². The third-order valence-electron chi connectivity index (χ3n) is 2.49. The predicted molar refractivity (Wildman–Crippen MR) is 107 cm³/mol. The molecule has 1 N–H and O–H groups in total. The Morgan fingerprint density at radius 3 is 1.72 bits per heavy atom. The fraction of sp³-hybridized carbons (Fsp3) is 0.923. The number of carbonyl (C=O) groups excluding carboxylic acids is 1. The molecule has 0 rings (SSSR count). The molecule has 0 bridgehead atoms. The summed E-state index contributed by atoms with van der Waals surface area (Å²) >= 11 is 7.14. The van der Waals surface area contributed by atoms with Crippen molar-refractivity contribution in [2.75, 3.05) is 52.6 Å². The number of rotatable bonds is 16. The molecule has 0 fully saturated rings. The number of ether oxygens (including phenoxy) is 1. The molecule has 0 atom stereocenters. The van der Waals surface area contributed by atoms with Crippen LogP contribution < -0.4 is 0 Å². The monoisotopic (exact) mass is 458 g/mol. The van der Waals surface area contributed by atoms with E-state index in [1.54, 1.807) is 11.8 Å². The normalized spacial score (nSPS) is 12.3. The van der Waals surface area contributed by atoms with Crippen LogP contribution in [0.1, 0.15) is 13.3 Å². The van der Waals surface area contributed by atoms with Crippen molar-refractivity contribution >= 4 is 63.1 Å². The van der Waals surface area contributed by atoms with Gasteiger partial charge in [0.05, 0.1) is 0 Å². The Morgan fingerprint density at radius 1 is 0.920 bits per heavy atom. The number of esters is 1. The zero-order chi connectivity index (χ0) is 19.2. The highest BCUT2D eigenvalue weighted by molar-refractivity contribution is 8.05. The first-order valence-electron chi connectivity index (χ1n) is 7.56. The Morgan fingerprint density at radius 2 is 1.32 bits per heavy atom. The maximum Gasteiger partial charge on any atom is 0.465 e. The molecule has 0 saturated carbocycles. The highest BCUT2D eigenvalue weighted by atomic mass is 32.2. The second-order valence-corrected chi connectivity index (χ2v) is 10.9. The number of carbonyl (C=O) groups is 1. The highest BCUT2D eigenvalue weighted by Crippen LogP contribution is 2.22. The Balaban J connectivity index is 3.44. The SMILES string of the molecule is CCCSCCSCCSCCSCCOC(=O)C(F)(F)S(=O)(=O)O. The Labute approximate surface area is 165 Å². The van der Waals surface area contributed by atoms with E-state index >= 15 is 0 Å². The van der Waals surface area contributed by atoms with Crippen molar-refractivity contribution in [3.8, 4) is 0 Å². The van der Waals surface area contributed by atoms with E-state index in [0.717, 1.165) is 23.0 Å². The predicted octanol–water partition coefficient (Wildman–Crippen LogP) is 3.35. The van der Waals surface area contributed by atoms with Gasteiger partial charge in [-0.15, -0.1) is 0 Å². The lowest BCUT2D eigenvalue weighted by atomic mass is 10.6. The molecule has 0 heterocycles. The zero-order valence-electron chi connectivity index (χ0n) is 13.9. The first-order chi connectivity index (χ1) is 11.7. The van der Waals surface area contributed by atoms with Gasteiger partial charge in [-0.1, -0.05) is 6.92 Å². The van der Waals surface area contributed by atoms with Crippen molar-refractivity contribution in [1.82, 2.24) is 0 Å². The van der Waals surface area contributed by atoms with Gasteiger partial charge in [0.25, 0.3) is 0 Å². The maximum absolute atomic E-state index is 12.9. The Bertz CT molecular complexity index is 462. The lowest BCUT2D eigenvalue weighted by Gasteiger charge is -2.11. The minimum Gasteiger partial charge on any atom is -0.459 e. The van der Waals surface area contributed by atoms with Gasteiger partial charge in [0.15, 0.2) is 0 Å². The molecule has 0 amide bonds. The number of hydrogen-bond acceptors (Lipinski definition) is 8. The van der Waals surface area contributed by atoms with E-state index < -0.39 is 21.3 Å². The summed E-state index contributed by atoms with van der Waals surface area (Å²) in [6.45, 7) is 1.85. The molecule has 0 saturated heterocycles. The van der Waals surface area contributed by atoms with Gasteiger partial charge in [-0.2, -0.15) is 64.2 Å². The largest absolute Gasteiger partial charge is 0.465 e. The van der Waals surface area contributed by atoms with Crippen LogP contribution in [0.2, 0.25) is 0 Å². The van der Waals surface area contributed by atoms with E-state index in [9.17, 15) is 22.0 Å². The maximum atomic E-state index is 12.9. The fourth-order valence-electron chi connectivity index (χ4n) is 1.29. The van der Waals surface area contributed by atoms with Gasteiger partial charge in [-0.25, -0.2) is 4.79 Å². The summed E-state index contributed by atoms with van der Waals surface area (Å²) in [4.78, 5) is 10.9. The molecule has 0 aromatic heterocycles. The molecular weight excluding hydrogens is 434 g/mol. The van der Waals surface area contributed by atoms with Gasteiger partial charge in [0.1, 0.15) is 6.61 Å². The summed E-state index contributed by atoms with van der Waals surface area (Å²) in [6.07, 6.45) is 1.21. The molecule has 0 aromatic carbocycles. The van der Waals surface area contributed by atoms with Gasteiger partial charge >= 0.3 is 21.3 Å². The average Bonchev–Trinajstić information content (AvgIpc) is 2.53. The number of halogens is 2. The van der Waals surface area contributed by atoms with Gasteiger partial charge in [0.2, 0.25) is 0 Å². The molecular formula is C13H24F2O5S5. The van der Waals surface area contributed by atoms with Crippen LogP contribution in [0.25, 0.3) is 0 Å². The molecule has 0 radical (unpaired) electrons. The molecule has 5 nitrogen and oxygen atoms in total. The van der Waals surface area contributed by atoms with Crippen molar-refractivity contribution in [2.24, 2.45) is 0 Å². The topological polar surface area (TPSA) is 80.7 Å². The highest BCUT2D eigenvalue weighted by Gasteiger charge is 2.54. The average molecular weight is 459 g/mol. The van der Waals surface area contributed by atoms with Crippen LogP contribution in [0.5, 0.6) is 0 Å². The van der Waals surface area contributed by atoms with Gasteiger partial charge in [-0.05, 0) is 12.2 Å². The van der Waals surface area contributed by atoms with Crippen LogP contribution >= 0.6 is 47.0 Å². The first kappa shape index (κ1) is 25.6. The quantitative estimate of drug-likeness (QED) is 0.213. The van der Waals surface area contributed by atoms with Crippen LogP contribution in [0.4, 0.5) is 8.78 Å². The van der Waals surface area contributed by atoms with E-state index in [4.69, 9.17) is 4.55 Å².